The third-order valence-corrected chi connectivity index (χ3v) is 10.1. The van der Waals surface area contributed by atoms with E-state index in [1.807, 2.05) is 78.9 Å². The van der Waals surface area contributed by atoms with Gasteiger partial charge in [0.2, 0.25) is 0 Å². The molecule has 1 heterocycles. The maximum atomic E-state index is 8.91. The summed E-state index contributed by atoms with van der Waals surface area (Å²) in [5, 5.41) is 5.40. The van der Waals surface area contributed by atoms with Crippen molar-refractivity contribution in [1.29, 1.82) is 0 Å². The highest BCUT2D eigenvalue weighted by Crippen LogP contribution is 2.47. The Kier molecular flexibility index (Phi) is 5.36. The molecule has 0 aliphatic rings. The average molecular weight is 687 g/mol. The van der Waals surface area contributed by atoms with E-state index in [4.69, 9.17) is 18.7 Å². The van der Waals surface area contributed by atoms with E-state index in [1.54, 1.807) is 12.1 Å². The number of hydrogen-bond acceptors (Lipinski definition) is 1. The largest absolute Gasteiger partial charge is 0.296 e. The smallest absolute Gasteiger partial charge is 0.114 e. The summed E-state index contributed by atoms with van der Waals surface area (Å²) in [7, 11) is 0. The van der Waals surface area contributed by atoms with E-state index in [0.29, 0.717) is 16.7 Å². The second kappa shape index (κ2) is 12.8. The van der Waals surface area contributed by atoms with Crippen LogP contribution in [0.5, 0.6) is 0 Å². The zero-order valence-electron chi connectivity index (χ0n) is 38.7. The van der Waals surface area contributed by atoms with Gasteiger partial charge in [0.25, 0.3) is 0 Å². The van der Waals surface area contributed by atoms with Crippen LogP contribution in [-0.2, 0) is 6.42 Å². The summed E-state index contributed by atoms with van der Waals surface area (Å²) in [6, 6.07) is 37.8. The summed E-state index contributed by atoms with van der Waals surface area (Å²) in [5.41, 5.74) is 7.33. The molecule has 2 heteroatoms. The summed E-state index contributed by atoms with van der Waals surface area (Å²) in [6.07, 6.45) is 0.731. The monoisotopic (exact) mass is 686 g/mol. The van der Waals surface area contributed by atoms with Crippen LogP contribution in [0.2, 0.25) is 0 Å². The molecule has 0 N–H and O–H groups in total. The highest BCUT2D eigenvalue weighted by molar-refractivity contribution is 6.24. The fraction of sp³-hybridized carbons (Fsp3) is 0.0392. The van der Waals surface area contributed by atoms with Gasteiger partial charge in [-0.1, -0.05) is 164 Å². The molecule has 0 aliphatic carbocycles. The summed E-state index contributed by atoms with van der Waals surface area (Å²) < 4.78 is 87.9. The minimum atomic E-state index is -0.474. The Labute approximate surface area is 323 Å². The molecule has 53 heavy (non-hydrogen) atoms. The van der Waals surface area contributed by atoms with E-state index >= 15 is 0 Å². The van der Waals surface area contributed by atoms with Gasteiger partial charge in [-0.2, -0.15) is 0 Å². The highest BCUT2D eigenvalue weighted by Gasteiger charge is 2.21. The molecule has 0 aliphatic heterocycles. The molecule has 0 spiro atoms. The van der Waals surface area contributed by atoms with Crippen molar-refractivity contribution in [2.45, 2.75) is 13.3 Å². The molecule has 1 aromatic heterocycles. The van der Waals surface area contributed by atoms with Gasteiger partial charge in [-0.25, -0.2) is 4.98 Å². The van der Waals surface area contributed by atoms with Crippen molar-refractivity contribution in [3.63, 3.8) is 0 Å². The molecule has 0 atom stereocenters. The first-order valence-electron chi connectivity index (χ1n) is 22.6. The minimum absolute atomic E-state index is 0.0746. The van der Waals surface area contributed by atoms with Crippen molar-refractivity contribution < 1.29 is 13.7 Å². The molecule has 2 nitrogen and oxygen atoms in total. The van der Waals surface area contributed by atoms with Crippen molar-refractivity contribution in [2.24, 2.45) is 0 Å². The Morgan fingerprint density at radius 1 is 0.472 bits per heavy atom. The van der Waals surface area contributed by atoms with Gasteiger partial charge in [0.15, 0.2) is 0 Å². The fourth-order valence-corrected chi connectivity index (χ4v) is 7.83. The fourth-order valence-electron chi connectivity index (χ4n) is 7.83. The maximum absolute atomic E-state index is 8.91. The molecular formula is C51H36N2. The maximum Gasteiger partial charge on any atom is 0.114 e. The Hall–Kier alpha value is -6.77. The average Bonchev–Trinajstić information content (AvgIpc) is 3.69. The zero-order valence-corrected chi connectivity index (χ0v) is 28.7. The predicted molar refractivity (Wildman–Crippen MR) is 225 cm³/mol. The van der Waals surface area contributed by atoms with E-state index in [1.165, 1.54) is 0 Å². The standard InChI is InChI=1S/C51H36N2/c1-2-49-52-46-26-13-14-27-48(46)53(49)47-31-30-43(39-22-9-10-23-40(39)47)51-42-25-12-11-24-41(42)50(38-21-15-20-36(32-38)34-16-5-3-6-17-34)45-33-37(28-29-44(45)51)35-18-7-4-8-19-35/h3-33H,2H2,1H3/i3D,4D,5D,6D,7D,8D,16D,17D,18D,19D. The van der Waals surface area contributed by atoms with Crippen LogP contribution in [0.1, 0.15) is 26.5 Å². The molecule has 0 unspecified atom stereocenters. The lowest BCUT2D eigenvalue weighted by Gasteiger charge is -2.21. The van der Waals surface area contributed by atoms with Gasteiger partial charge < -0.3 is 0 Å². The lowest BCUT2D eigenvalue weighted by atomic mass is 9.83. The molecule has 0 amide bonds. The quantitative estimate of drug-likeness (QED) is 0.159. The number of fused-ring (bicyclic) bond motifs is 4. The second-order valence-corrected chi connectivity index (χ2v) is 13.0. The van der Waals surface area contributed by atoms with Crippen LogP contribution in [0.25, 0.3) is 93.5 Å². The second-order valence-electron chi connectivity index (χ2n) is 13.0. The molecule has 9 aromatic carbocycles. The lowest BCUT2D eigenvalue weighted by molar-refractivity contribution is 0.913. The van der Waals surface area contributed by atoms with Crippen LogP contribution >= 0.6 is 0 Å². The number of benzene rings is 9. The number of rotatable bonds is 6. The zero-order chi connectivity index (χ0) is 44.0. The van der Waals surface area contributed by atoms with Crippen LogP contribution < -0.4 is 0 Å². The summed E-state index contributed by atoms with van der Waals surface area (Å²) in [4.78, 5) is 4.98. The van der Waals surface area contributed by atoms with Gasteiger partial charge in [-0.15, -0.1) is 0 Å². The predicted octanol–water partition coefficient (Wildman–Crippen LogP) is 13.7. The molecule has 0 radical (unpaired) electrons. The van der Waals surface area contributed by atoms with E-state index in [9.17, 15) is 0 Å². The number of nitrogens with zero attached hydrogens (tertiary/aromatic N) is 2. The van der Waals surface area contributed by atoms with Crippen LogP contribution in [0.3, 0.4) is 0 Å². The van der Waals surface area contributed by atoms with Gasteiger partial charge in [-0.05, 0) is 102 Å². The number of aromatic nitrogens is 2. The molecule has 0 fully saturated rings. The molecule has 10 aromatic rings. The van der Waals surface area contributed by atoms with Crippen molar-refractivity contribution in [2.75, 3.05) is 0 Å². The summed E-state index contributed by atoms with van der Waals surface area (Å²) in [6.45, 7) is 2.10. The Balaban J connectivity index is 1.32. The van der Waals surface area contributed by atoms with E-state index in [0.717, 1.165) is 78.0 Å². The van der Waals surface area contributed by atoms with Gasteiger partial charge >= 0.3 is 0 Å². The van der Waals surface area contributed by atoms with Crippen molar-refractivity contribution in [3.05, 3.63) is 194 Å². The summed E-state index contributed by atoms with van der Waals surface area (Å²) >= 11 is 0. The topological polar surface area (TPSA) is 17.8 Å². The molecule has 0 bridgehead atoms. The number of imidazole rings is 1. The molecular weight excluding hydrogens is 641 g/mol. The first-order valence-corrected chi connectivity index (χ1v) is 17.6. The van der Waals surface area contributed by atoms with Gasteiger partial charge in [0.1, 0.15) is 5.82 Å². The Bertz CT molecular complexity index is 3520. The molecule has 250 valence electrons. The van der Waals surface area contributed by atoms with Crippen LogP contribution in [0, 0.1) is 0 Å². The Morgan fingerprint density at radius 2 is 1.08 bits per heavy atom. The first kappa shape index (κ1) is 22.2. The number of aryl methyl sites for hydroxylation is 1. The normalized spacial score (nSPS) is 14.2. The molecule has 10 rings (SSSR count). The van der Waals surface area contributed by atoms with Gasteiger partial charge in [-0.3, -0.25) is 4.57 Å². The lowest BCUT2D eigenvalue weighted by Crippen LogP contribution is -2.01. The number of hydrogen-bond donors (Lipinski definition) is 0. The Morgan fingerprint density at radius 3 is 1.81 bits per heavy atom. The van der Waals surface area contributed by atoms with Crippen LogP contribution in [0.4, 0.5) is 0 Å². The van der Waals surface area contributed by atoms with Crippen LogP contribution in [-0.4, -0.2) is 9.55 Å². The third-order valence-electron chi connectivity index (χ3n) is 10.1. The van der Waals surface area contributed by atoms with E-state index < -0.39 is 36.3 Å². The van der Waals surface area contributed by atoms with E-state index in [-0.39, 0.29) is 35.3 Å². The molecule has 0 saturated heterocycles. The van der Waals surface area contributed by atoms with Gasteiger partial charge in [0, 0.05) is 11.8 Å². The van der Waals surface area contributed by atoms with Crippen molar-refractivity contribution in [3.8, 4) is 50.2 Å². The van der Waals surface area contributed by atoms with Crippen molar-refractivity contribution >= 4 is 43.4 Å². The SMILES string of the molecule is [2H]c1c([2H])c([2H])c(-c2cccc(-c3c4ccccc4c(-c4ccc(-n5c(CC)nc6ccccc65)c5ccccc45)c4ccc(-c5c([2H])c([2H])c([2H])c([2H])c5[2H])cc34)c2)c([2H])c1[2H]. The minimum Gasteiger partial charge on any atom is -0.296 e. The van der Waals surface area contributed by atoms with Crippen molar-refractivity contribution in [1.82, 2.24) is 9.55 Å². The number of para-hydroxylation sites is 2. The third kappa shape index (κ3) is 5.14. The highest BCUT2D eigenvalue weighted by atomic mass is 15.1. The first-order chi connectivity index (χ1) is 30.4. The van der Waals surface area contributed by atoms with E-state index in [2.05, 4.69) is 47.9 Å². The van der Waals surface area contributed by atoms with Crippen LogP contribution in [0.15, 0.2) is 188 Å². The molecule has 0 saturated carbocycles. The van der Waals surface area contributed by atoms with Gasteiger partial charge in [0.05, 0.1) is 30.4 Å². The summed E-state index contributed by atoms with van der Waals surface area (Å²) in [5.74, 6) is 0.945.